The second-order valence-electron chi connectivity index (χ2n) is 6.35. The fraction of sp³-hybridized carbons (Fsp3) is 0.857. The van der Waals surface area contributed by atoms with Gasteiger partial charge in [0.2, 0.25) is 0 Å². The maximum absolute atomic E-state index is 12.0. The second kappa shape index (κ2) is 6.37. The molecule has 0 bridgehead atoms. The van der Waals surface area contributed by atoms with E-state index in [0.29, 0.717) is 25.5 Å². The molecule has 0 unspecified atom stereocenters. The van der Waals surface area contributed by atoms with Crippen LogP contribution in [0.2, 0.25) is 0 Å². The molecule has 0 radical (unpaired) electrons. The van der Waals surface area contributed by atoms with Gasteiger partial charge in [0.05, 0.1) is 6.10 Å². The Kier molecular flexibility index (Phi) is 5.35. The van der Waals surface area contributed by atoms with E-state index in [4.69, 9.17) is 9.47 Å². The van der Waals surface area contributed by atoms with E-state index in [1.54, 1.807) is 0 Å². The van der Waals surface area contributed by atoms with Crippen molar-refractivity contribution in [3.8, 4) is 0 Å². The summed E-state index contributed by atoms with van der Waals surface area (Å²) in [6.45, 7) is 10.6. The van der Waals surface area contributed by atoms with Crippen LogP contribution in [0.5, 0.6) is 0 Å². The molecule has 2 atom stereocenters. The molecule has 1 aliphatic heterocycles. The summed E-state index contributed by atoms with van der Waals surface area (Å²) in [7, 11) is 0. The average Bonchev–Trinajstić information content (AvgIpc) is 2.66. The minimum Gasteiger partial charge on any atom is -0.444 e. The van der Waals surface area contributed by atoms with E-state index in [1.807, 2.05) is 20.8 Å². The molecule has 5 nitrogen and oxygen atoms in total. The molecule has 1 saturated heterocycles. The van der Waals surface area contributed by atoms with Gasteiger partial charge in [-0.2, -0.15) is 0 Å². The van der Waals surface area contributed by atoms with Gasteiger partial charge in [-0.3, -0.25) is 4.90 Å². The molecule has 0 saturated carbocycles. The first kappa shape index (κ1) is 16.0. The van der Waals surface area contributed by atoms with Crippen LogP contribution in [0.4, 0.5) is 4.79 Å². The summed E-state index contributed by atoms with van der Waals surface area (Å²) < 4.78 is 11.0. The predicted molar refractivity (Wildman–Crippen MR) is 72.0 cm³/mol. The van der Waals surface area contributed by atoms with Gasteiger partial charge in [0, 0.05) is 13.2 Å². The quantitative estimate of drug-likeness (QED) is 0.736. The number of aldehydes is 1. The SMILES string of the molecule is CC(C)CO[C@H]1CCN(C(=O)OC(C)(C)C)[C@@H]1C=O. The summed E-state index contributed by atoms with van der Waals surface area (Å²) in [5.41, 5.74) is -0.554. The molecule has 1 heterocycles. The number of carbonyl (C=O) groups excluding carboxylic acids is 2. The van der Waals surface area contributed by atoms with Gasteiger partial charge in [0.1, 0.15) is 17.9 Å². The summed E-state index contributed by atoms with van der Waals surface area (Å²) >= 11 is 0. The number of ether oxygens (including phenoxy) is 2. The van der Waals surface area contributed by atoms with Crippen molar-refractivity contribution in [1.82, 2.24) is 4.90 Å². The van der Waals surface area contributed by atoms with Crippen LogP contribution < -0.4 is 0 Å². The highest BCUT2D eigenvalue weighted by molar-refractivity contribution is 5.75. The summed E-state index contributed by atoms with van der Waals surface area (Å²) in [5.74, 6) is 0.405. The van der Waals surface area contributed by atoms with E-state index in [-0.39, 0.29) is 6.10 Å². The number of carbonyl (C=O) groups is 2. The fourth-order valence-electron chi connectivity index (χ4n) is 1.98. The van der Waals surface area contributed by atoms with E-state index >= 15 is 0 Å². The summed E-state index contributed by atoms with van der Waals surface area (Å²) in [6.07, 6.45) is 0.796. The highest BCUT2D eigenvalue weighted by Gasteiger charge is 2.39. The normalized spacial score (nSPS) is 23.8. The van der Waals surface area contributed by atoms with Crippen molar-refractivity contribution >= 4 is 12.4 Å². The van der Waals surface area contributed by atoms with Gasteiger partial charge in [-0.15, -0.1) is 0 Å². The molecule has 19 heavy (non-hydrogen) atoms. The lowest BCUT2D eigenvalue weighted by Gasteiger charge is -2.27. The first-order valence-electron chi connectivity index (χ1n) is 6.81. The van der Waals surface area contributed by atoms with Crippen LogP contribution >= 0.6 is 0 Å². The molecule has 0 spiro atoms. The van der Waals surface area contributed by atoms with Crippen LogP contribution in [0.3, 0.4) is 0 Å². The van der Waals surface area contributed by atoms with E-state index in [9.17, 15) is 9.59 Å². The Labute approximate surface area is 115 Å². The summed E-state index contributed by atoms with van der Waals surface area (Å²) in [4.78, 5) is 24.7. The van der Waals surface area contributed by atoms with Crippen molar-refractivity contribution in [2.24, 2.45) is 5.92 Å². The van der Waals surface area contributed by atoms with Crippen molar-refractivity contribution in [3.05, 3.63) is 0 Å². The molecule has 110 valence electrons. The van der Waals surface area contributed by atoms with Crippen molar-refractivity contribution in [2.45, 2.75) is 58.8 Å². The van der Waals surface area contributed by atoms with Crippen LogP contribution in [-0.4, -0.2) is 48.2 Å². The summed E-state index contributed by atoms with van der Waals surface area (Å²) in [5, 5.41) is 0. The highest BCUT2D eigenvalue weighted by Crippen LogP contribution is 2.23. The highest BCUT2D eigenvalue weighted by atomic mass is 16.6. The van der Waals surface area contributed by atoms with Gasteiger partial charge in [0.15, 0.2) is 0 Å². The molecule has 0 aromatic rings. The number of likely N-dealkylation sites (tertiary alicyclic amines) is 1. The molecular formula is C14H25NO4. The van der Waals surface area contributed by atoms with Crippen LogP contribution in [0, 0.1) is 5.92 Å². The van der Waals surface area contributed by atoms with Crippen LogP contribution in [0.1, 0.15) is 41.0 Å². The molecule has 1 rings (SSSR count). The molecular weight excluding hydrogens is 246 g/mol. The van der Waals surface area contributed by atoms with Gasteiger partial charge >= 0.3 is 6.09 Å². The third-order valence-electron chi connectivity index (χ3n) is 2.81. The Balaban J connectivity index is 2.61. The maximum Gasteiger partial charge on any atom is 0.410 e. The smallest absolute Gasteiger partial charge is 0.410 e. The zero-order valence-corrected chi connectivity index (χ0v) is 12.5. The monoisotopic (exact) mass is 271 g/mol. The molecule has 0 N–H and O–H groups in total. The molecule has 0 aromatic heterocycles. The van der Waals surface area contributed by atoms with Crippen LogP contribution in [0.25, 0.3) is 0 Å². The topological polar surface area (TPSA) is 55.8 Å². The largest absolute Gasteiger partial charge is 0.444 e. The standard InChI is InChI=1S/C14H25NO4/c1-10(2)9-18-12-6-7-15(11(12)8-16)13(17)19-14(3,4)5/h8,10-12H,6-7,9H2,1-5H3/t11-,12+/m1/s1. The van der Waals surface area contributed by atoms with Crippen LogP contribution in [-0.2, 0) is 14.3 Å². The number of hydrogen-bond acceptors (Lipinski definition) is 4. The minimum atomic E-state index is -0.554. The second-order valence-corrected chi connectivity index (χ2v) is 6.35. The Bertz CT molecular complexity index is 322. The Hall–Kier alpha value is -1.10. The van der Waals surface area contributed by atoms with Crippen molar-refractivity contribution < 1.29 is 19.1 Å². The molecule has 0 aliphatic carbocycles. The van der Waals surface area contributed by atoms with Gasteiger partial charge in [-0.25, -0.2) is 4.79 Å². The zero-order valence-electron chi connectivity index (χ0n) is 12.5. The molecule has 5 heteroatoms. The van der Waals surface area contributed by atoms with E-state index < -0.39 is 17.7 Å². The lowest BCUT2D eigenvalue weighted by Crippen LogP contribution is -2.44. The van der Waals surface area contributed by atoms with Crippen LogP contribution in [0.15, 0.2) is 0 Å². The molecule has 1 amide bonds. The van der Waals surface area contributed by atoms with Gasteiger partial charge in [-0.1, -0.05) is 13.8 Å². The lowest BCUT2D eigenvalue weighted by atomic mass is 10.2. The Morgan fingerprint density at radius 1 is 1.42 bits per heavy atom. The minimum absolute atomic E-state index is 0.215. The Morgan fingerprint density at radius 2 is 2.05 bits per heavy atom. The first-order valence-corrected chi connectivity index (χ1v) is 6.81. The fourth-order valence-corrected chi connectivity index (χ4v) is 1.98. The summed E-state index contributed by atoms with van der Waals surface area (Å²) in [6, 6.07) is -0.534. The van der Waals surface area contributed by atoms with Crippen molar-refractivity contribution in [2.75, 3.05) is 13.2 Å². The van der Waals surface area contributed by atoms with Crippen molar-refractivity contribution in [3.63, 3.8) is 0 Å². The molecule has 1 aliphatic rings. The van der Waals surface area contributed by atoms with Gasteiger partial charge < -0.3 is 14.3 Å². The number of nitrogens with zero attached hydrogens (tertiary/aromatic N) is 1. The first-order chi connectivity index (χ1) is 8.74. The maximum atomic E-state index is 12.0. The zero-order chi connectivity index (χ0) is 14.6. The third-order valence-corrected chi connectivity index (χ3v) is 2.81. The molecule has 1 fully saturated rings. The Morgan fingerprint density at radius 3 is 2.53 bits per heavy atom. The number of amides is 1. The van der Waals surface area contributed by atoms with Gasteiger partial charge in [0.25, 0.3) is 0 Å². The van der Waals surface area contributed by atoms with E-state index in [1.165, 1.54) is 4.90 Å². The average molecular weight is 271 g/mol. The van der Waals surface area contributed by atoms with E-state index in [0.717, 1.165) is 6.29 Å². The third kappa shape index (κ3) is 4.82. The van der Waals surface area contributed by atoms with Gasteiger partial charge in [-0.05, 0) is 33.1 Å². The molecule has 0 aromatic carbocycles. The predicted octanol–water partition coefficient (Wildman–Crippen LogP) is 2.24. The van der Waals surface area contributed by atoms with Crippen molar-refractivity contribution in [1.29, 1.82) is 0 Å². The number of rotatable bonds is 4. The van der Waals surface area contributed by atoms with E-state index in [2.05, 4.69) is 13.8 Å². The lowest BCUT2D eigenvalue weighted by molar-refractivity contribution is -0.115. The number of hydrogen-bond donors (Lipinski definition) is 0.